The maximum atomic E-state index is 12.7. The molecular formula is C25H32N2O5. The number of aliphatic hydroxyl groups is 2. The second kappa shape index (κ2) is 9.17. The highest BCUT2D eigenvalue weighted by Crippen LogP contribution is 2.49. The van der Waals surface area contributed by atoms with Gasteiger partial charge in [0.25, 0.3) is 5.56 Å². The Morgan fingerprint density at radius 2 is 1.94 bits per heavy atom. The summed E-state index contributed by atoms with van der Waals surface area (Å²) in [7, 11) is 0. The molecule has 172 valence electrons. The van der Waals surface area contributed by atoms with Crippen LogP contribution in [0.3, 0.4) is 0 Å². The summed E-state index contributed by atoms with van der Waals surface area (Å²) in [6, 6.07) is 14.5. The van der Waals surface area contributed by atoms with Crippen LogP contribution < -0.4 is 10.9 Å². The van der Waals surface area contributed by atoms with Crippen LogP contribution in [0.2, 0.25) is 0 Å². The van der Waals surface area contributed by atoms with Gasteiger partial charge in [0.1, 0.15) is 6.10 Å². The van der Waals surface area contributed by atoms with Gasteiger partial charge in [0.2, 0.25) is 5.91 Å². The SMILES string of the molecule is C[C@]12C[C@@H](c3ccccc3)C[C@](CO)(CC[C@@H](NC(=O)CCn3ccccc3=O)[C@@H]1O)O2. The number of aryl methyl sites for hydroxylation is 1. The molecule has 2 bridgehead atoms. The molecule has 0 saturated carbocycles. The van der Waals surface area contributed by atoms with Crippen LogP contribution in [-0.2, 0) is 16.1 Å². The number of carbonyl (C=O) groups is 1. The van der Waals surface area contributed by atoms with E-state index in [2.05, 4.69) is 17.4 Å². The number of hydrogen-bond donors (Lipinski definition) is 3. The second-order valence-corrected chi connectivity index (χ2v) is 9.41. The van der Waals surface area contributed by atoms with Gasteiger partial charge in [-0.05, 0) is 50.2 Å². The standard InChI is InChI=1S/C25H32N2O5/c1-24-15-19(18-7-3-2-4-8-18)16-25(17-28,32-24)12-10-20(23(24)31)26-21(29)11-14-27-13-6-5-9-22(27)30/h2-9,13,19-20,23,28,31H,10-12,14-17H2,1H3,(H,26,29)/t19-,20-,23+,24+,25+/m1/s1. The molecule has 0 aliphatic carbocycles. The molecule has 4 rings (SSSR count). The molecular weight excluding hydrogens is 408 g/mol. The van der Waals surface area contributed by atoms with Crippen LogP contribution in [0.25, 0.3) is 0 Å². The third-order valence-electron chi connectivity index (χ3n) is 7.02. The van der Waals surface area contributed by atoms with E-state index in [-0.39, 0.29) is 37.0 Å². The summed E-state index contributed by atoms with van der Waals surface area (Å²) < 4.78 is 7.89. The third-order valence-corrected chi connectivity index (χ3v) is 7.02. The van der Waals surface area contributed by atoms with Gasteiger partial charge < -0.3 is 24.8 Å². The van der Waals surface area contributed by atoms with E-state index in [1.807, 2.05) is 25.1 Å². The van der Waals surface area contributed by atoms with Crippen molar-refractivity contribution in [2.24, 2.45) is 0 Å². The van der Waals surface area contributed by atoms with Crippen LogP contribution in [0.15, 0.2) is 59.5 Å². The maximum absolute atomic E-state index is 12.7. The molecule has 0 spiro atoms. The Balaban J connectivity index is 1.48. The van der Waals surface area contributed by atoms with Crippen molar-refractivity contribution in [1.82, 2.24) is 9.88 Å². The Kier molecular flexibility index (Phi) is 6.51. The zero-order valence-electron chi connectivity index (χ0n) is 18.4. The molecule has 7 heteroatoms. The molecule has 3 N–H and O–H groups in total. The first-order chi connectivity index (χ1) is 15.3. The molecule has 1 amide bonds. The number of rotatable bonds is 6. The topological polar surface area (TPSA) is 101 Å². The van der Waals surface area contributed by atoms with Gasteiger partial charge in [-0.3, -0.25) is 9.59 Å². The summed E-state index contributed by atoms with van der Waals surface area (Å²) in [4.78, 5) is 24.5. The zero-order chi connectivity index (χ0) is 22.8. The Labute approximate surface area is 188 Å². The number of carbonyl (C=O) groups excluding carboxylic acids is 1. The minimum absolute atomic E-state index is 0.129. The molecule has 2 saturated heterocycles. The summed E-state index contributed by atoms with van der Waals surface area (Å²) in [5.74, 6) is -0.0707. The number of nitrogens with zero attached hydrogens (tertiary/aromatic N) is 1. The molecule has 2 aliphatic heterocycles. The highest BCUT2D eigenvalue weighted by atomic mass is 16.5. The van der Waals surface area contributed by atoms with Gasteiger partial charge in [-0.15, -0.1) is 0 Å². The van der Waals surface area contributed by atoms with Crippen molar-refractivity contribution in [3.63, 3.8) is 0 Å². The quantitative estimate of drug-likeness (QED) is 0.638. The van der Waals surface area contributed by atoms with Crippen molar-refractivity contribution in [1.29, 1.82) is 0 Å². The van der Waals surface area contributed by atoms with E-state index < -0.39 is 23.3 Å². The van der Waals surface area contributed by atoms with E-state index in [0.717, 1.165) is 0 Å². The molecule has 32 heavy (non-hydrogen) atoms. The fraction of sp³-hybridized carbons (Fsp3) is 0.520. The number of ether oxygens (including phenoxy) is 1. The van der Waals surface area contributed by atoms with Gasteiger partial charge >= 0.3 is 0 Å². The molecule has 2 aromatic rings. The van der Waals surface area contributed by atoms with Gasteiger partial charge in [0.05, 0.1) is 23.9 Å². The molecule has 7 nitrogen and oxygen atoms in total. The summed E-state index contributed by atoms with van der Waals surface area (Å²) in [5, 5.41) is 24.5. The fourth-order valence-corrected chi connectivity index (χ4v) is 5.36. The molecule has 3 heterocycles. The lowest BCUT2D eigenvalue weighted by molar-refractivity contribution is -0.230. The monoisotopic (exact) mass is 440 g/mol. The van der Waals surface area contributed by atoms with Gasteiger partial charge in [-0.25, -0.2) is 0 Å². The molecule has 1 aromatic carbocycles. The van der Waals surface area contributed by atoms with Crippen LogP contribution in [-0.4, -0.2) is 50.6 Å². The lowest BCUT2D eigenvalue weighted by atomic mass is 9.74. The predicted octanol–water partition coefficient (Wildman–Crippen LogP) is 1.96. The third kappa shape index (κ3) is 4.65. The number of hydrogen-bond acceptors (Lipinski definition) is 5. The Bertz CT molecular complexity index is 993. The van der Waals surface area contributed by atoms with Crippen LogP contribution in [0.4, 0.5) is 0 Å². The van der Waals surface area contributed by atoms with Crippen molar-refractivity contribution < 1.29 is 19.7 Å². The molecule has 1 aromatic heterocycles. The first kappa shape index (κ1) is 22.7. The number of pyridine rings is 1. The number of benzene rings is 1. The van der Waals surface area contributed by atoms with Crippen LogP contribution >= 0.6 is 0 Å². The van der Waals surface area contributed by atoms with Crippen molar-refractivity contribution in [3.05, 3.63) is 70.6 Å². The average Bonchev–Trinajstić information content (AvgIpc) is 2.87. The number of aliphatic hydroxyl groups excluding tert-OH is 2. The largest absolute Gasteiger partial charge is 0.393 e. The highest BCUT2D eigenvalue weighted by Gasteiger charge is 2.54. The highest BCUT2D eigenvalue weighted by molar-refractivity contribution is 5.76. The van der Waals surface area contributed by atoms with E-state index in [4.69, 9.17) is 4.74 Å². The van der Waals surface area contributed by atoms with Crippen molar-refractivity contribution in [3.8, 4) is 0 Å². The van der Waals surface area contributed by atoms with Gasteiger partial charge in [-0.1, -0.05) is 36.4 Å². The molecule has 0 unspecified atom stereocenters. The molecule has 5 atom stereocenters. The molecule has 2 fully saturated rings. The minimum atomic E-state index is -0.911. The normalized spacial score (nSPS) is 32.2. The van der Waals surface area contributed by atoms with Crippen LogP contribution in [0.5, 0.6) is 0 Å². The lowest BCUT2D eigenvalue weighted by Crippen LogP contribution is -2.58. The summed E-state index contributed by atoms with van der Waals surface area (Å²) >= 11 is 0. The Hall–Kier alpha value is -2.48. The number of fused-ring (bicyclic) bond motifs is 2. The maximum Gasteiger partial charge on any atom is 0.250 e. The lowest BCUT2D eigenvalue weighted by Gasteiger charge is -2.49. The number of nitrogens with one attached hydrogen (secondary N) is 1. The number of amides is 1. The molecule has 2 aliphatic rings. The first-order valence-electron chi connectivity index (χ1n) is 11.3. The second-order valence-electron chi connectivity index (χ2n) is 9.41. The van der Waals surface area contributed by atoms with Crippen molar-refractivity contribution in [2.75, 3.05) is 6.61 Å². The number of aromatic nitrogens is 1. The smallest absolute Gasteiger partial charge is 0.250 e. The van der Waals surface area contributed by atoms with Gasteiger partial charge in [0.15, 0.2) is 0 Å². The van der Waals surface area contributed by atoms with Crippen LogP contribution in [0.1, 0.15) is 50.5 Å². The Morgan fingerprint density at radius 1 is 1.19 bits per heavy atom. The zero-order valence-corrected chi connectivity index (χ0v) is 18.4. The predicted molar refractivity (Wildman–Crippen MR) is 120 cm³/mol. The average molecular weight is 441 g/mol. The van der Waals surface area contributed by atoms with E-state index in [0.29, 0.717) is 25.7 Å². The van der Waals surface area contributed by atoms with E-state index in [1.54, 1.807) is 18.3 Å². The van der Waals surface area contributed by atoms with E-state index in [9.17, 15) is 19.8 Å². The summed E-state index contributed by atoms with van der Waals surface area (Å²) in [6.07, 6.45) is 3.22. The van der Waals surface area contributed by atoms with Crippen LogP contribution in [0, 0.1) is 0 Å². The van der Waals surface area contributed by atoms with Gasteiger partial charge in [-0.2, -0.15) is 0 Å². The summed E-state index contributed by atoms with van der Waals surface area (Å²) in [6.45, 7) is 2.03. The van der Waals surface area contributed by atoms with Crippen molar-refractivity contribution in [2.45, 2.75) is 74.8 Å². The summed E-state index contributed by atoms with van der Waals surface area (Å²) in [5.41, 5.74) is -0.623. The van der Waals surface area contributed by atoms with Crippen molar-refractivity contribution >= 4 is 5.91 Å². The molecule has 0 radical (unpaired) electrons. The first-order valence-corrected chi connectivity index (χ1v) is 11.3. The Morgan fingerprint density at radius 3 is 2.66 bits per heavy atom. The van der Waals surface area contributed by atoms with Gasteiger partial charge in [0, 0.05) is 25.2 Å². The van der Waals surface area contributed by atoms with E-state index >= 15 is 0 Å². The van der Waals surface area contributed by atoms with E-state index in [1.165, 1.54) is 16.2 Å². The fourth-order valence-electron chi connectivity index (χ4n) is 5.36. The minimum Gasteiger partial charge on any atom is -0.393 e.